The molecule has 1 unspecified atom stereocenters. The molecule has 0 aliphatic carbocycles. The van der Waals surface area contributed by atoms with Crippen molar-refractivity contribution in [1.82, 2.24) is 20.1 Å². The number of carbonyl (C=O) groups is 1. The molecule has 8 heteroatoms. The third-order valence-corrected chi connectivity index (χ3v) is 5.34. The van der Waals surface area contributed by atoms with E-state index in [0.29, 0.717) is 24.1 Å². The summed E-state index contributed by atoms with van der Waals surface area (Å²) in [5.74, 6) is 0.137. The van der Waals surface area contributed by atoms with Crippen LogP contribution in [0.4, 0.5) is 4.39 Å². The number of hydrogen-bond acceptors (Lipinski definition) is 5. The van der Waals surface area contributed by atoms with Crippen LogP contribution in [-0.4, -0.2) is 25.9 Å². The Balaban J connectivity index is 1.62. The number of para-hydroxylation sites is 1. The van der Waals surface area contributed by atoms with Gasteiger partial charge in [0.1, 0.15) is 6.61 Å². The topological polar surface area (TPSA) is 69.0 Å². The smallest absolute Gasteiger partial charge is 0.233 e. The monoisotopic (exact) mass is 426 g/mol. The Morgan fingerprint density at radius 2 is 1.97 bits per heavy atom. The van der Waals surface area contributed by atoms with E-state index in [1.807, 2.05) is 37.3 Å². The first kappa shape index (κ1) is 21.6. The fourth-order valence-electron chi connectivity index (χ4n) is 2.67. The van der Waals surface area contributed by atoms with E-state index in [1.54, 1.807) is 28.8 Å². The van der Waals surface area contributed by atoms with Crippen LogP contribution < -0.4 is 10.1 Å². The molecule has 3 rings (SSSR count). The van der Waals surface area contributed by atoms with Gasteiger partial charge in [0.25, 0.3) is 0 Å². The molecular weight excluding hydrogens is 403 g/mol. The molecule has 30 heavy (non-hydrogen) atoms. The summed E-state index contributed by atoms with van der Waals surface area (Å²) < 4.78 is 21.1. The third kappa shape index (κ3) is 5.70. The summed E-state index contributed by atoms with van der Waals surface area (Å²) in [7, 11) is 0. The van der Waals surface area contributed by atoms with Crippen molar-refractivity contribution >= 4 is 17.7 Å². The van der Waals surface area contributed by atoms with Crippen molar-refractivity contribution in [2.24, 2.45) is 0 Å². The number of ether oxygens (including phenoxy) is 1. The average molecular weight is 427 g/mol. The van der Waals surface area contributed by atoms with Crippen molar-refractivity contribution < 1.29 is 13.9 Å². The predicted molar refractivity (Wildman–Crippen MR) is 115 cm³/mol. The fourth-order valence-corrected chi connectivity index (χ4v) is 3.57. The van der Waals surface area contributed by atoms with Crippen molar-refractivity contribution in [3.63, 3.8) is 0 Å². The molecule has 6 nitrogen and oxygen atoms in total. The van der Waals surface area contributed by atoms with Gasteiger partial charge < -0.3 is 10.1 Å². The zero-order valence-electron chi connectivity index (χ0n) is 16.6. The second-order valence-electron chi connectivity index (χ2n) is 6.48. The van der Waals surface area contributed by atoms with Crippen LogP contribution in [0.5, 0.6) is 5.75 Å². The molecule has 1 atom stereocenters. The molecule has 2 aromatic carbocycles. The molecule has 0 saturated carbocycles. The molecule has 0 aliphatic rings. The highest BCUT2D eigenvalue weighted by Crippen LogP contribution is 2.24. The molecule has 0 fully saturated rings. The summed E-state index contributed by atoms with van der Waals surface area (Å²) in [6.45, 7) is 6.54. The Morgan fingerprint density at radius 1 is 1.23 bits per heavy atom. The summed E-state index contributed by atoms with van der Waals surface area (Å²) in [4.78, 5) is 12.5. The average Bonchev–Trinajstić information content (AvgIpc) is 3.13. The molecule has 0 aliphatic heterocycles. The van der Waals surface area contributed by atoms with E-state index in [9.17, 15) is 9.18 Å². The fraction of sp³-hybridized carbons (Fsp3) is 0.227. The van der Waals surface area contributed by atoms with Gasteiger partial charge in [-0.25, -0.2) is 4.39 Å². The summed E-state index contributed by atoms with van der Waals surface area (Å²) in [6, 6.07) is 15.9. The van der Waals surface area contributed by atoms with E-state index < -0.39 is 5.82 Å². The van der Waals surface area contributed by atoms with E-state index >= 15 is 0 Å². The lowest BCUT2D eigenvalue weighted by Gasteiger charge is -2.13. The zero-order chi connectivity index (χ0) is 21.3. The van der Waals surface area contributed by atoms with Crippen LogP contribution in [0.3, 0.4) is 0 Å². The molecule has 0 bridgehead atoms. The van der Waals surface area contributed by atoms with E-state index in [0.717, 1.165) is 5.56 Å². The number of nitrogens with one attached hydrogen (secondary N) is 1. The minimum absolute atomic E-state index is 0.0525. The highest BCUT2D eigenvalue weighted by Gasteiger charge is 2.20. The van der Waals surface area contributed by atoms with Gasteiger partial charge in [0.2, 0.25) is 5.91 Å². The summed E-state index contributed by atoms with van der Waals surface area (Å²) in [5, 5.41) is 11.5. The first-order valence-electron chi connectivity index (χ1n) is 9.47. The second kappa shape index (κ2) is 10.6. The normalized spacial score (nSPS) is 11.7. The van der Waals surface area contributed by atoms with E-state index in [-0.39, 0.29) is 23.5 Å². The van der Waals surface area contributed by atoms with Crippen molar-refractivity contribution in [2.75, 3.05) is 0 Å². The van der Waals surface area contributed by atoms with Gasteiger partial charge in [-0.1, -0.05) is 60.3 Å². The number of hydrogen-bond donors (Lipinski definition) is 1. The van der Waals surface area contributed by atoms with Crippen LogP contribution in [0.1, 0.15) is 18.3 Å². The van der Waals surface area contributed by atoms with Crippen LogP contribution in [0.15, 0.2) is 72.4 Å². The second-order valence-corrected chi connectivity index (χ2v) is 7.79. The first-order valence-corrected chi connectivity index (χ1v) is 10.3. The van der Waals surface area contributed by atoms with E-state index in [2.05, 4.69) is 22.1 Å². The van der Waals surface area contributed by atoms with Crippen molar-refractivity contribution in [3.05, 3.63) is 84.5 Å². The SMILES string of the molecule is C=CCn1c(COc2ccccc2F)nnc1SC(C)C(=O)NCc1ccccc1. The van der Waals surface area contributed by atoms with Gasteiger partial charge in [-0.15, -0.1) is 16.8 Å². The molecule has 1 heterocycles. The first-order chi connectivity index (χ1) is 14.6. The number of benzene rings is 2. The molecule has 1 aromatic heterocycles. The Bertz CT molecular complexity index is 994. The Morgan fingerprint density at radius 3 is 2.70 bits per heavy atom. The lowest BCUT2D eigenvalue weighted by atomic mass is 10.2. The van der Waals surface area contributed by atoms with Crippen molar-refractivity contribution in [3.8, 4) is 5.75 Å². The van der Waals surface area contributed by atoms with Crippen molar-refractivity contribution in [2.45, 2.75) is 37.0 Å². The van der Waals surface area contributed by atoms with Crippen LogP contribution in [-0.2, 0) is 24.5 Å². The van der Waals surface area contributed by atoms with Gasteiger partial charge in [-0.3, -0.25) is 9.36 Å². The lowest BCUT2D eigenvalue weighted by molar-refractivity contribution is -0.120. The molecule has 0 saturated heterocycles. The largest absolute Gasteiger partial charge is 0.483 e. The minimum Gasteiger partial charge on any atom is -0.483 e. The summed E-state index contributed by atoms with van der Waals surface area (Å²) in [5.41, 5.74) is 1.03. The maximum atomic E-state index is 13.8. The van der Waals surface area contributed by atoms with Crippen LogP contribution in [0, 0.1) is 5.82 Å². The Hall–Kier alpha value is -3.13. The molecule has 0 spiro atoms. The number of carbonyl (C=O) groups excluding carboxylic acids is 1. The molecular formula is C22H23FN4O2S. The Labute approximate surface area is 179 Å². The summed E-state index contributed by atoms with van der Waals surface area (Å²) in [6.07, 6.45) is 1.71. The molecule has 3 aromatic rings. The van der Waals surface area contributed by atoms with Crippen LogP contribution in [0.25, 0.3) is 0 Å². The van der Waals surface area contributed by atoms with Gasteiger partial charge in [0.05, 0.1) is 5.25 Å². The molecule has 1 amide bonds. The number of allylic oxidation sites excluding steroid dienone is 1. The predicted octanol–water partition coefficient (Wildman–Crippen LogP) is 3.98. The number of halogens is 1. The number of thioether (sulfide) groups is 1. The highest BCUT2D eigenvalue weighted by atomic mass is 32.2. The maximum absolute atomic E-state index is 13.8. The zero-order valence-corrected chi connectivity index (χ0v) is 17.4. The third-order valence-electron chi connectivity index (χ3n) is 4.26. The minimum atomic E-state index is -0.439. The van der Waals surface area contributed by atoms with Gasteiger partial charge in [-0.05, 0) is 24.6 Å². The maximum Gasteiger partial charge on any atom is 0.233 e. The van der Waals surface area contributed by atoms with Gasteiger partial charge >= 0.3 is 0 Å². The van der Waals surface area contributed by atoms with E-state index in [1.165, 1.54) is 17.8 Å². The number of amides is 1. The Kier molecular flexibility index (Phi) is 7.62. The highest BCUT2D eigenvalue weighted by molar-refractivity contribution is 8.00. The quantitative estimate of drug-likeness (QED) is 0.392. The van der Waals surface area contributed by atoms with Crippen LogP contribution in [0.2, 0.25) is 0 Å². The van der Waals surface area contributed by atoms with Crippen molar-refractivity contribution in [1.29, 1.82) is 0 Å². The molecule has 0 radical (unpaired) electrons. The van der Waals surface area contributed by atoms with Gasteiger partial charge in [0.15, 0.2) is 22.5 Å². The van der Waals surface area contributed by atoms with Gasteiger partial charge in [-0.2, -0.15) is 0 Å². The number of nitrogens with zero attached hydrogens (tertiary/aromatic N) is 3. The van der Waals surface area contributed by atoms with Gasteiger partial charge in [0, 0.05) is 13.1 Å². The molecule has 156 valence electrons. The number of rotatable bonds is 10. The lowest BCUT2D eigenvalue weighted by Crippen LogP contribution is -2.30. The number of aromatic nitrogens is 3. The standard InChI is InChI=1S/C22H23FN4O2S/c1-3-13-27-20(15-29-19-12-8-7-11-18(19)23)25-26-22(27)30-16(2)21(28)24-14-17-9-5-4-6-10-17/h3-12,16H,1,13-15H2,2H3,(H,24,28). The summed E-state index contributed by atoms with van der Waals surface area (Å²) >= 11 is 1.30. The molecule has 1 N–H and O–H groups in total. The van der Waals surface area contributed by atoms with E-state index in [4.69, 9.17) is 4.74 Å². The van der Waals surface area contributed by atoms with Crippen LogP contribution >= 0.6 is 11.8 Å².